The molecule has 38 heavy (non-hydrogen) atoms. The molecule has 194 valence electrons. The number of benzene rings is 2. The Balaban J connectivity index is 1.37. The Bertz CT molecular complexity index is 1540. The second-order valence-electron chi connectivity index (χ2n) is 10.6. The molecular formula is C31H33N5O2. The van der Waals surface area contributed by atoms with Gasteiger partial charge in [-0.2, -0.15) is 0 Å². The molecule has 1 amide bonds. The van der Waals surface area contributed by atoms with Crippen molar-refractivity contribution in [2.24, 2.45) is 0 Å². The summed E-state index contributed by atoms with van der Waals surface area (Å²) in [5, 5.41) is 11.5. The van der Waals surface area contributed by atoms with Crippen LogP contribution < -0.4 is 5.73 Å². The molecule has 3 atom stereocenters. The lowest BCUT2D eigenvalue weighted by molar-refractivity contribution is -0.133. The van der Waals surface area contributed by atoms with E-state index in [1.807, 2.05) is 64.9 Å². The number of piperidine rings is 1. The number of imidazole rings is 1. The summed E-state index contributed by atoms with van der Waals surface area (Å²) in [6.45, 7) is 4.59. The molecule has 3 N–H and O–H groups in total. The lowest BCUT2D eigenvalue weighted by Gasteiger charge is -2.39. The van der Waals surface area contributed by atoms with E-state index in [1.54, 1.807) is 6.20 Å². The number of amides is 1. The van der Waals surface area contributed by atoms with Crippen LogP contribution in [0.3, 0.4) is 0 Å². The quantitative estimate of drug-likeness (QED) is 0.377. The number of anilines is 1. The van der Waals surface area contributed by atoms with Gasteiger partial charge >= 0.3 is 0 Å². The van der Waals surface area contributed by atoms with Gasteiger partial charge in [-0.15, -0.1) is 0 Å². The molecular weight excluding hydrogens is 474 g/mol. The fraction of sp³-hybridized carbons (Fsp3) is 0.323. The normalized spacial score (nSPS) is 20.9. The number of hydrogen-bond donors (Lipinski definition) is 2. The van der Waals surface area contributed by atoms with Gasteiger partial charge in [-0.05, 0) is 42.9 Å². The maximum Gasteiger partial charge on any atom is 0.226 e. The Kier molecular flexibility index (Phi) is 6.03. The molecule has 0 unspecified atom stereocenters. The summed E-state index contributed by atoms with van der Waals surface area (Å²) in [7, 11) is 0. The van der Waals surface area contributed by atoms with Gasteiger partial charge in [0.15, 0.2) is 0 Å². The summed E-state index contributed by atoms with van der Waals surface area (Å²) < 4.78 is 2.03. The Labute approximate surface area is 222 Å². The maximum atomic E-state index is 12.6. The summed E-state index contributed by atoms with van der Waals surface area (Å²) in [6.07, 6.45) is 11.0. The van der Waals surface area contributed by atoms with Gasteiger partial charge in [0.25, 0.3) is 0 Å². The van der Waals surface area contributed by atoms with Crippen molar-refractivity contribution >= 4 is 17.2 Å². The van der Waals surface area contributed by atoms with Crippen LogP contribution >= 0.6 is 0 Å². The van der Waals surface area contributed by atoms with E-state index in [1.165, 1.54) is 5.56 Å². The summed E-state index contributed by atoms with van der Waals surface area (Å²) in [6, 6.07) is 16.2. The minimum absolute atomic E-state index is 0.107. The molecule has 4 aromatic rings. The zero-order valence-electron chi connectivity index (χ0n) is 21.8. The number of fused-ring (bicyclic) bond motifs is 2. The van der Waals surface area contributed by atoms with Crippen LogP contribution in [0.5, 0.6) is 0 Å². The molecule has 0 radical (unpaired) electrons. The molecule has 0 bridgehead atoms. The third-order valence-electron chi connectivity index (χ3n) is 8.19. The van der Waals surface area contributed by atoms with E-state index in [0.29, 0.717) is 18.8 Å². The van der Waals surface area contributed by atoms with Gasteiger partial charge in [0.1, 0.15) is 28.5 Å². The van der Waals surface area contributed by atoms with E-state index in [-0.39, 0.29) is 17.9 Å². The van der Waals surface area contributed by atoms with Gasteiger partial charge in [0, 0.05) is 36.8 Å². The average molecular weight is 508 g/mol. The van der Waals surface area contributed by atoms with Crippen molar-refractivity contribution in [3.63, 3.8) is 0 Å². The lowest BCUT2D eigenvalue weighted by Crippen LogP contribution is -2.47. The molecule has 1 saturated heterocycles. The first-order chi connectivity index (χ1) is 18.4. The van der Waals surface area contributed by atoms with Crippen molar-refractivity contribution < 1.29 is 9.90 Å². The van der Waals surface area contributed by atoms with Crippen LogP contribution in [0.25, 0.3) is 16.8 Å². The number of aromatic nitrogens is 3. The molecule has 0 spiro atoms. The summed E-state index contributed by atoms with van der Waals surface area (Å²) in [5.41, 5.74) is 10.6. The van der Waals surface area contributed by atoms with E-state index in [0.717, 1.165) is 53.0 Å². The highest BCUT2D eigenvalue weighted by molar-refractivity contribution is 5.85. The van der Waals surface area contributed by atoms with Gasteiger partial charge < -0.3 is 15.7 Å². The predicted molar refractivity (Wildman–Crippen MR) is 149 cm³/mol. The standard InChI is InChI=1S/C31H33N5O2/c1-3-20-6-4-7-24(18-20)31(2,38)23-13-10-21(11-14-23)27-28-29(32)33-16-17-35(28)30(34-27)22-12-15-25-8-5-9-26(37)36(25)19-22/h4-8,10-11,13-14,16-18,22,25,38H,3,9,12,15,19H2,1-2H3,(H2,32,33)/t22-,25-,31-/m1/s1. The number of nitrogen functional groups attached to an aromatic ring is 1. The van der Waals surface area contributed by atoms with Crippen LogP contribution in [0.4, 0.5) is 5.82 Å². The van der Waals surface area contributed by atoms with Gasteiger partial charge in [-0.25, -0.2) is 9.97 Å². The highest BCUT2D eigenvalue weighted by atomic mass is 16.3. The van der Waals surface area contributed by atoms with Gasteiger partial charge in [-0.3, -0.25) is 9.20 Å². The zero-order valence-corrected chi connectivity index (χ0v) is 21.8. The van der Waals surface area contributed by atoms with Crippen LogP contribution in [0.15, 0.2) is 73.1 Å². The molecule has 2 aromatic heterocycles. The van der Waals surface area contributed by atoms with Gasteiger partial charge in [-0.1, -0.05) is 67.6 Å². The first-order valence-corrected chi connectivity index (χ1v) is 13.4. The number of aliphatic hydroxyl groups is 1. The molecule has 2 aliphatic rings. The Hall–Kier alpha value is -3.97. The van der Waals surface area contributed by atoms with Crippen LogP contribution in [-0.4, -0.2) is 42.9 Å². The number of nitrogens with two attached hydrogens (primary N) is 1. The topological polar surface area (TPSA) is 96.8 Å². The van der Waals surface area contributed by atoms with Crippen LogP contribution in [-0.2, 0) is 16.8 Å². The van der Waals surface area contributed by atoms with Crippen LogP contribution in [0.2, 0.25) is 0 Å². The number of rotatable bonds is 5. The predicted octanol–water partition coefficient (Wildman–Crippen LogP) is 4.83. The monoisotopic (exact) mass is 507 g/mol. The smallest absolute Gasteiger partial charge is 0.226 e. The largest absolute Gasteiger partial charge is 0.382 e. The van der Waals surface area contributed by atoms with E-state index < -0.39 is 5.60 Å². The number of hydrogen-bond acceptors (Lipinski definition) is 5. The third kappa shape index (κ3) is 4.07. The van der Waals surface area contributed by atoms with E-state index in [9.17, 15) is 9.90 Å². The summed E-state index contributed by atoms with van der Waals surface area (Å²) in [4.78, 5) is 24.0. The third-order valence-corrected chi connectivity index (χ3v) is 8.19. The number of carbonyl (C=O) groups excluding carboxylic acids is 1. The van der Waals surface area contributed by atoms with Gasteiger partial charge in [0.05, 0.1) is 6.04 Å². The van der Waals surface area contributed by atoms with E-state index in [2.05, 4.69) is 30.1 Å². The maximum absolute atomic E-state index is 12.6. The summed E-state index contributed by atoms with van der Waals surface area (Å²) >= 11 is 0. The number of aryl methyl sites for hydroxylation is 1. The van der Waals surface area contributed by atoms with E-state index >= 15 is 0 Å². The lowest BCUT2D eigenvalue weighted by atomic mass is 9.86. The molecule has 6 rings (SSSR count). The minimum Gasteiger partial charge on any atom is -0.382 e. The molecule has 7 nitrogen and oxygen atoms in total. The van der Waals surface area contributed by atoms with Crippen molar-refractivity contribution in [2.75, 3.05) is 12.3 Å². The Morgan fingerprint density at radius 3 is 2.74 bits per heavy atom. The van der Waals surface area contributed by atoms with Crippen molar-refractivity contribution in [3.8, 4) is 11.3 Å². The first kappa shape index (κ1) is 24.4. The molecule has 7 heteroatoms. The SMILES string of the molecule is CCc1cccc([C@](C)(O)c2ccc(-c3nc([C@@H]4CC[C@H]5C=CCC(=O)N5C4)n4ccnc(N)c34)cc2)c1. The molecule has 2 aromatic carbocycles. The first-order valence-electron chi connectivity index (χ1n) is 13.4. The van der Waals surface area contributed by atoms with Crippen molar-refractivity contribution in [1.82, 2.24) is 19.3 Å². The fourth-order valence-electron chi connectivity index (χ4n) is 5.92. The number of nitrogens with zero attached hydrogens (tertiary/aromatic N) is 4. The molecule has 2 aliphatic heterocycles. The molecule has 1 fully saturated rings. The van der Waals surface area contributed by atoms with Crippen molar-refractivity contribution in [1.29, 1.82) is 0 Å². The Morgan fingerprint density at radius 2 is 1.95 bits per heavy atom. The zero-order chi connectivity index (χ0) is 26.4. The highest BCUT2D eigenvalue weighted by Gasteiger charge is 2.35. The van der Waals surface area contributed by atoms with Crippen molar-refractivity contribution in [3.05, 3.63) is 95.6 Å². The average Bonchev–Trinajstić information content (AvgIpc) is 3.34. The van der Waals surface area contributed by atoms with Crippen LogP contribution in [0, 0.1) is 0 Å². The molecule has 0 aliphatic carbocycles. The van der Waals surface area contributed by atoms with Crippen LogP contribution in [0.1, 0.15) is 61.5 Å². The molecule has 4 heterocycles. The summed E-state index contributed by atoms with van der Waals surface area (Å²) in [5.74, 6) is 1.60. The highest BCUT2D eigenvalue weighted by Crippen LogP contribution is 2.37. The number of carbonyl (C=O) groups is 1. The van der Waals surface area contributed by atoms with Gasteiger partial charge in [0.2, 0.25) is 5.91 Å². The second-order valence-corrected chi connectivity index (χ2v) is 10.6. The second kappa shape index (κ2) is 9.40. The van der Waals surface area contributed by atoms with Crippen molar-refractivity contribution in [2.45, 2.75) is 57.1 Å². The molecule has 0 saturated carbocycles. The minimum atomic E-state index is -1.13. The van der Waals surface area contributed by atoms with E-state index in [4.69, 9.17) is 10.7 Å². The Morgan fingerprint density at radius 1 is 1.13 bits per heavy atom. The fourth-order valence-corrected chi connectivity index (χ4v) is 5.92.